The number of rotatable bonds is 0. The SMILES string of the molecule is O=C(O)n1cccc1C(F)(F)F. The maximum atomic E-state index is 12.0. The van der Waals surface area contributed by atoms with E-state index in [1.165, 1.54) is 0 Å². The smallest absolute Gasteiger partial charge is 0.431 e. The zero-order valence-corrected chi connectivity index (χ0v) is 5.67. The Kier molecular flexibility index (Phi) is 1.83. The summed E-state index contributed by atoms with van der Waals surface area (Å²) in [6.45, 7) is 0. The van der Waals surface area contributed by atoms with Gasteiger partial charge in [-0.15, -0.1) is 0 Å². The van der Waals surface area contributed by atoms with Crippen LogP contribution >= 0.6 is 0 Å². The predicted octanol–water partition coefficient (Wildman–Crippen LogP) is 2.03. The number of nitrogens with zero attached hydrogens (tertiary/aromatic N) is 1. The molecule has 0 aromatic carbocycles. The van der Waals surface area contributed by atoms with Gasteiger partial charge in [0.1, 0.15) is 5.69 Å². The van der Waals surface area contributed by atoms with Gasteiger partial charge in [0.25, 0.3) is 0 Å². The molecule has 1 N–H and O–H groups in total. The van der Waals surface area contributed by atoms with Gasteiger partial charge < -0.3 is 5.11 Å². The highest BCUT2D eigenvalue weighted by atomic mass is 19.4. The number of halogens is 3. The highest BCUT2D eigenvalue weighted by molar-refractivity contribution is 5.69. The molecular formula is C6H4F3NO2. The molecule has 0 aliphatic carbocycles. The third kappa shape index (κ3) is 1.41. The van der Waals surface area contributed by atoms with Gasteiger partial charge in [-0.2, -0.15) is 13.2 Å². The summed E-state index contributed by atoms with van der Waals surface area (Å²) in [5.41, 5.74) is -1.19. The van der Waals surface area contributed by atoms with Gasteiger partial charge in [0.2, 0.25) is 0 Å². The van der Waals surface area contributed by atoms with Gasteiger partial charge in [-0.3, -0.25) is 0 Å². The zero-order valence-electron chi connectivity index (χ0n) is 5.67. The minimum atomic E-state index is -4.62. The summed E-state index contributed by atoms with van der Waals surface area (Å²) in [5, 5.41) is 8.28. The Bertz CT molecular complexity index is 302. The molecule has 0 radical (unpaired) electrons. The molecular weight excluding hydrogens is 175 g/mol. The van der Waals surface area contributed by atoms with E-state index in [-0.39, 0.29) is 4.57 Å². The van der Waals surface area contributed by atoms with Gasteiger partial charge in [-0.25, -0.2) is 9.36 Å². The van der Waals surface area contributed by atoms with Crippen molar-refractivity contribution in [2.24, 2.45) is 0 Å². The van der Waals surface area contributed by atoms with Crippen molar-refractivity contribution in [1.29, 1.82) is 0 Å². The molecule has 0 amide bonds. The predicted molar refractivity (Wildman–Crippen MR) is 32.9 cm³/mol. The average Bonchev–Trinajstić information content (AvgIpc) is 2.30. The molecule has 1 heterocycles. The fraction of sp³-hybridized carbons (Fsp3) is 0.167. The standard InChI is InChI=1S/C6H4F3NO2/c7-6(8,9)4-2-1-3-10(4)5(11)12/h1-3H,(H,11,12). The summed E-state index contributed by atoms with van der Waals surface area (Å²) in [7, 11) is 0. The lowest BCUT2D eigenvalue weighted by Crippen LogP contribution is -2.17. The highest BCUT2D eigenvalue weighted by Crippen LogP contribution is 2.29. The largest absolute Gasteiger partial charge is 0.464 e. The van der Waals surface area contributed by atoms with Crippen LogP contribution in [0.1, 0.15) is 5.69 Å². The van der Waals surface area contributed by atoms with E-state index in [2.05, 4.69) is 0 Å². The summed E-state index contributed by atoms with van der Waals surface area (Å²) >= 11 is 0. The summed E-state index contributed by atoms with van der Waals surface area (Å²) in [5.74, 6) is 0. The highest BCUT2D eigenvalue weighted by Gasteiger charge is 2.35. The quantitative estimate of drug-likeness (QED) is 0.662. The summed E-state index contributed by atoms with van der Waals surface area (Å²) in [6, 6.07) is 1.73. The first-order valence-corrected chi connectivity index (χ1v) is 2.91. The van der Waals surface area contributed by atoms with Crippen LogP contribution in [0.4, 0.5) is 18.0 Å². The van der Waals surface area contributed by atoms with Crippen LogP contribution < -0.4 is 0 Å². The third-order valence-electron chi connectivity index (χ3n) is 1.25. The first kappa shape index (κ1) is 8.63. The molecule has 0 aliphatic heterocycles. The molecule has 0 saturated carbocycles. The molecule has 0 atom stereocenters. The molecule has 0 fully saturated rings. The molecule has 0 unspecified atom stereocenters. The Hall–Kier alpha value is -1.46. The van der Waals surface area contributed by atoms with Crippen LogP contribution in [0.3, 0.4) is 0 Å². The van der Waals surface area contributed by atoms with Gasteiger partial charge in [0.05, 0.1) is 0 Å². The van der Waals surface area contributed by atoms with Crippen molar-refractivity contribution in [2.75, 3.05) is 0 Å². The topological polar surface area (TPSA) is 42.2 Å². The van der Waals surface area contributed by atoms with E-state index in [4.69, 9.17) is 5.11 Å². The van der Waals surface area contributed by atoms with Crippen LogP contribution in [0.5, 0.6) is 0 Å². The van der Waals surface area contributed by atoms with Gasteiger partial charge in [0, 0.05) is 6.20 Å². The van der Waals surface area contributed by atoms with Crippen molar-refractivity contribution in [3.8, 4) is 0 Å². The molecule has 0 spiro atoms. The maximum Gasteiger partial charge on any atom is 0.431 e. The lowest BCUT2D eigenvalue weighted by Gasteiger charge is -2.06. The van der Waals surface area contributed by atoms with Crippen molar-refractivity contribution in [3.05, 3.63) is 24.0 Å². The molecule has 1 aromatic heterocycles. The number of carbonyl (C=O) groups is 1. The van der Waals surface area contributed by atoms with E-state index < -0.39 is 18.0 Å². The second kappa shape index (κ2) is 2.54. The monoisotopic (exact) mass is 179 g/mol. The number of hydrogen-bond donors (Lipinski definition) is 1. The van der Waals surface area contributed by atoms with Gasteiger partial charge >= 0.3 is 12.3 Å². The minimum Gasteiger partial charge on any atom is -0.464 e. The number of aromatic nitrogens is 1. The van der Waals surface area contributed by atoms with Gasteiger partial charge in [0.15, 0.2) is 0 Å². The number of hydrogen-bond acceptors (Lipinski definition) is 1. The second-order valence-corrected chi connectivity index (χ2v) is 2.04. The van der Waals surface area contributed by atoms with E-state index in [1.807, 2.05) is 0 Å². The van der Waals surface area contributed by atoms with Crippen LogP contribution in [-0.4, -0.2) is 15.8 Å². The summed E-state index contributed by atoms with van der Waals surface area (Å²) in [6.07, 6.45) is -5.43. The van der Waals surface area contributed by atoms with Gasteiger partial charge in [-0.05, 0) is 12.1 Å². The second-order valence-electron chi connectivity index (χ2n) is 2.04. The molecule has 3 nitrogen and oxygen atoms in total. The van der Waals surface area contributed by atoms with Crippen molar-refractivity contribution in [3.63, 3.8) is 0 Å². The third-order valence-corrected chi connectivity index (χ3v) is 1.25. The van der Waals surface area contributed by atoms with Crippen LogP contribution in [-0.2, 0) is 6.18 Å². The van der Waals surface area contributed by atoms with E-state index in [0.29, 0.717) is 6.07 Å². The summed E-state index contributed by atoms with van der Waals surface area (Å²) < 4.78 is 36.0. The van der Waals surface area contributed by atoms with Crippen molar-refractivity contribution in [1.82, 2.24) is 4.57 Å². The van der Waals surface area contributed by atoms with E-state index in [9.17, 15) is 18.0 Å². The van der Waals surface area contributed by atoms with Crippen molar-refractivity contribution >= 4 is 6.09 Å². The normalized spacial score (nSPS) is 11.6. The fourth-order valence-corrected chi connectivity index (χ4v) is 0.779. The Morgan fingerprint density at radius 2 is 2.08 bits per heavy atom. The average molecular weight is 179 g/mol. The van der Waals surface area contributed by atoms with E-state index >= 15 is 0 Å². The maximum absolute atomic E-state index is 12.0. The molecule has 1 rings (SSSR count). The van der Waals surface area contributed by atoms with Crippen LogP contribution in [0.15, 0.2) is 18.3 Å². The van der Waals surface area contributed by atoms with Crippen LogP contribution in [0, 0.1) is 0 Å². The molecule has 66 valence electrons. The van der Waals surface area contributed by atoms with Crippen LogP contribution in [0.25, 0.3) is 0 Å². The lowest BCUT2D eigenvalue weighted by molar-refractivity contribution is -0.142. The Labute approximate surface area is 65.0 Å². The Morgan fingerprint density at radius 3 is 2.42 bits per heavy atom. The fourth-order valence-electron chi connectivity index (χ4n) is 0.779. The van der Waals surface area contributed by atoms with Gasteiger partial charge in [-0.1, -0.05) is 0 Å². The summed E-state index contributed by atoms with van der Waals surface area (Å²) in [4.78, 5) is 10.2. The Balaban J connectivity index is 3.17. The molecule has 0 saturated heterocycles. The first-order valence-electron chi connectivity index (χ1n) is 2.91. The van der Waals surface area contributed by atoms with E-state index in [0.717, 1.165) is 12.3 Å². The molecule has 1 aromatic rings. The Morgan fingerprint density at radius 1 is 1.50 bits per heavy atom. The van der Waals surface area contributed by atoms with Crippen molar-refractivity contribution in [2.45, 2.75) is 6.18 Å². The van der Waals surface area contributed by atoms with Crippen molar-refractivity contribution < 1.29 is 23.1 Å². The lowest BCUT2D eigenvalue weighted by atomic mass is 10.4. The molecule has 0 bridgehead atoms. The molecule has 0 aliphatic rings. The number of alkyl halides is 3. The number of carboxylic acid groups (broad SMARTS) is 1. The van der Waals surface area contributed by atoms with Crippen LogP contribution in [0.2, 0.25) is 0 Å². The molecule has 6 heteroatoms. The first-order chi connectivity index (χ1) is 5.43. The molecule has 12 heavy (non-hydrogen) atoms. The minimum absolute atomic E-state index is 0.125. The van der Waals surface area contributed by atoms with E-state index in [1.54, 1.807) is 0 Å². The zero-order chi connectivity index (χ0) is 9.35.